The van der Waals surface area contributed by atoms with Crippen LogP contribution in [0.2, 0.25) is 0 Å². The van der Waals surface area contributed by atoms with E-state index in [1.807, 2.05) is 4.90 Å². The van der Waals surface area contributed by atoms with Gasteiger partial charge in [0.2, 0.25) is 0 Å². The van der Waals surface area contributed by atoms with Crippen molar-refractivity contribution in [1.82, 2.24) is 9.80 Å². The smallest absolute Gasteiger partial charge is 0.409 e. The van der Waals surface area contributed by atoms with E-state index in [9.17, 15) is 4.79 Å². The highest BCUT2D eigenvalue weighted by Gasteiger charge is 2.21. The lowest BCUT2D eigenvalue weighted by Gasteiger charge is -2.34. The third-order valence-corrected chi connectivity index (χ3v) is 3.75. The summed E-state index contributed by atoms with van der Waals surface area (Å²) in [4.78, 5) is 16.1. The minimum absolute atomic E-state index is 0.138. The van der Waals surface area contributed by atoms with Crippen molar-refractivity contribution in [1.29, 1.82) is 0 Å². The number of piperazine rings is 1. The van der Waals surface area contributed by atoms with Crippen LogP contribution in [0.4, 0.5) is 4.79 Å². The summed E-state index contributed by atoms with van der Waals surface area (Å²) in [5.41, 5.74) is 0. The summed E-state index contributed by atoms with van der Waals surface area (Å²) in [5.74, 6) is 0.406. The summed E-state index contributed by atoms with van der Waals surface area (Å²) in [6.07, 6.45) is 6.51. The second-order valence-corrected chi connectivity index (χ2v) is 6.21. The quantitative estimate of drug-likeness (QED) is 0.641. The van der Waals surface area contributed by atoms with Gasteiger partial charge in [-0.2, -0.15) is 0 Å². The van der Waals surface area contributed by atoms with Crippen molar-refractivity contribution in [3.05, 3.63) is 0 Å². The highest BCUT2D eigenvalue weighted by Crippen LogP contribution is 2.08. The standard InChI is InChI=1S/C16H32N2O2/c1-4-5-6-7-8-9-17-10-12-18(13-11-17)16(19)20-14-15(2)3/h15H,4-14H2,1-3H3. The molecule has 1 amide bonds. The zero-order valence-electron chi connectivity index (χ0n) is 13.6. The van der Waals surface area contributed by atoms with Gasteiger partial charge < -0.3 is 9.64 Å². The van der Waals surface area contributed by atoms with Gasteiger partial charge in [-0.1, -0.05) is 46.5 Å². The lowest BCUT2D eigenvalue weighted by Crippen LogP contribution is -2.49. The van der Waals surface area contributed by atoms with Crippen LogP contribution >= 0.6 is 0 Å². The van der Waals surface area contributed by atoms with E-state index in [2.05, 4.69) is 25.7 Å². The first kappa shape index (κ1) is 17.3. The van der Waals surface area contributed by atoms with E-state index in [0.29, 0.717) is 12.5 Å². The molecule has 1 rings (SSSR count). The van der Waals surface area contributed by atoms with Crippen molar-refractivity contribution >= 4 is 6.09 Å². The third kappa shape index (κ3) is 7.13. The second kappa shape index (κ2) is 10.0. The van der Waals surface area contributed by atoms with Gasteiger partial charge in [0, 0.05) is 26.2 Å². The largest absolute Gasteiger partial charge is 0.449 e. The molecule has 1 aliphatic rings. The monoisotopic (exact) mass is 284 g/mol. The van der Waals surface area contributed by atoms with E-state index >= 15 is 0 Å². The molecule has 0 aromatic heterocycles. The van der Waals surface area contributed by atoms with Crippen LogP contribution in [0.3, 0.4) is 0 Å². The van der Waals surface area contributed by atoms with Crippen molar-refractivity contribution in [3.8, 4) is 0 Å². The summed E-state index contributed by atoms with van der Waals surface area (Å²) >= 11 is 0. The SMILES string of the molecule is CCCCCCCN1CCN(C(=O)OCC(C)C)CC1. The Morgan fingerprint density at radius 2 is 1.70 bits per heavy atom. The molecule has 0 atom stereocenters. The molecule has 0 aromatic rings. The Hall–Kier alpha value is -0.770. The number of rotatable bonds is 8. The molecule has 0 radical (unpaired) electrons. The number of unbranched alkanes of at least 4 members (excludes halogenated alkanes) is 4. The van der Waals surface area contributed by atoms with Gasteiger partial charge >= 0.3 is 6.09 Å². The molecule has 4 nitrogen and oxygen atoms in total. The number of carbonyl (C=O) groups is 1. The average molecular weight is 284 g/mol. The molecule has 0 bridgehead atoms. The van der Waals surface area contributed by atoms with Crippen LogP contribution in [0, 0.1) is 5.92 Å². The van der Waals surface area contributed by atoms with E-state index in [-0.39, 0.29) is 6.09 Å². The Morgan fingerprint density at radius 1 is 1.05 bits per heavy atom. The molecule has 0 spiro atoms. The Balaban J connectivity index is 2.08. The maximum absolute atomic E-state index is 11.8. The van der Waals surface area contributed by atoms with Crippen LogP contribution in [0.15, 0.2) is 0 Å². The van der Waals surface area contributed by atoms with Crippen molar-refractivity contribution in [2.75, 3.05) is 39.3 Å². The fraction of sp³-hybridized carbons (Fsp3) is 0.938. The van der Waals surface area contributed by atoms with Crippen LogP contribution in [0.5, 0.6) is 0 Å². The number of ether oxygens (including phenoxy) is 1. The van der Waals surface area contributed by atoms with E-state index in [1.54, 1.807) is 0 Å². The summed E-state index contributed by atoms with van der Waals surface area (Å²) in [6, 6.07) is 0. The van der Waals surface area contributed by atoms with Crippen LogP contribution in [-0.2, 0) is 4.74 Å². The molecule has 4 heteroatoms. The van der Waals surface area contributed by atoms with Crippen LogP contribution in [0.1, 0.15) is 52.9 Å². The average Bonchev–Trinajstić information content (AvgIpc) is 2.45. The molecule has 1 fully saturated rings. The molecule has 1 heterocycles. The second-order valence-electron chi connectivity index (χ2n) is 6.21. The summed E-state index contributed by atoms with van der Waals surface area (Å²) in [7, 11) is 0. The molecular weight excluding hydrogens is 252 g/mol. The summed E-state index contributed by atoms with van der Waals surface area (Å²) in [6.45, 7) is 11.7. The fourth-order valence-corrected chi connectivity index (χ4v) is 2.42. The lowest BCUT2D eigenvalue weighted by atomic mass is 10.1. The molecule has 1 saturated heterocycles. The molecule has 0 unspecified atom stereocenters. The zero-order valence-corrected chi connectivity index (χ0v) is 13.6. The van der Waals surface area contributed by atoms with Crippen molar-refractivity contribution < 1.29 is 9.53 Å². The highest BCUT2D eigenvalue weighted by molar-refractivity contribution is 5.67. The summed E-state index contributed by atoms with van der Waals surface area (Å²) in [5, 5.41) is 0. The molecule has 0 saturated carbocycles. The van der Waals surface area contributed by atoms with Crippen LogP contribution < -0.4 is 0 Å². The summed E-state index contributed by atoms with van der Waals surface area (Å²) < 4.78 is 5.27. The van der Waals surface area contributed by atoms with Gasteiger partial charge in [-0.15, -0.1) is 0 Å². The van der Waals surface area contributed by atoms with Gasteiger partial charge in [-0.25, -0.2) is 4.79 Å². The molecule has 0 N–H and O–H groups in total. The number of hydrogen-bond acceptors (Lipinski definition) is 3. The lowest BCUT2D eigenvalue weighted by molar-refractivity contribution is 0.0687. The number of nitrogens with zero attached hydrogens (tertiary/aromatic N) is 2. The number of amides is 1. The predicted octanol–water partition coefficient (Wildman–Crippen LogP) is 3.37. The minimum Gasteiger partial charge on any atom is -0.449 e. The Kier molecular flexibility index (Phi) is 8.67. The Labute approximate surface area is 124 Å². The first-order valence-corrected chi connectivity index (χ1v) is 8.27. The first-order chi connectivity index (χ1) is 9.63. The van der Waals surface area contributed by atoms with Gasteiger partial charge in [-0.05, 0) is 18.9 Å². The number of carbonyl (C=O) groups excluding carboxylic acids is 1. The molecule has 0 aromatic carbocycles. The zero-order chi connectivity index (χ0) is 14.8. The van der Waals surface area contributed by atoms with E-state index in [0.717, 1.165) is 26.2 Å². The molecule has 0 aliphatic carbocycles. The van der Waals surface area contributed by atoms with Gasteiger partial charge in [0.25, 0.3) is 0 Å². The van der Waals surface area contributed by atoms with E-state index in [4.69, 9.17) is 4.74 Å². The fourth-order valence-electron chi connectivity index (χ4n) is 2.42. The first-order valence-electron chi connectivity index (χ1n) is 8.27. The maximum Gasteiger partial charge on any atom is 0.409 e. The van der Waals surface area contributed by atoms with Crippen LogP contribution in [0.25, 0.3) is 0 Å². The third-order valence-electron chi connectivity index (χ3n) is 3.75. The number of hydrogen-bond donors (Lipinski definition) is 0. The molecular formula is C16H32N2O2. The van der Waals surface area contributed by atoms with Crippen molar-refractivity contribution in [3.63, 3.8) is 0 Å². The topological polar surface area (TPSA) is 32.8 Å². The van der Waals surface area contributed by atoms with Gasteiger partial charge in [-0.3, -0.25) is 4.90 Å². The Bertz CT molecular complexity index is 261. The van der Waals surface area contributed by atoms with E-state index < -0.39 is 0 Å². The minimum atomic E-state index is -0.138. The Morgan fingerprint density at radius 3 is 2.30 bits per heavy atom. The maximum atomic E-state index is 11.8. The molecule has 1 aliphatic heterocycles. The van der Waals surface area contributed by atoms with Gasteiger partial charge in [0.15, 0.2) is 0 Å². The molecule has 118 valence electrons. The van der Waals surface area contributed by atoms with Gasteiger partial charge in [0.05, 0.1) is 6.61 Å². The van der Waals surface area contributed by atoms with E-state index in [1.165, 1.54) is 38.6 Å². The van der Waals surface area contributed by atoms with Crippen LogP contribution in [-0.4, -0.2) is 55.2 Å². The normalized spacial score (nSPS) is 16.7. The highest BCUT2D eigenvalue weighted by atomic mass is 16.6. The van der Waals surface area contributed by atoms with Crippen molar-refractivity contribution in [2.24, 2.45) is 5.92 Å². The van der Waals surface area contributed by atoms with Crippen molar-refractivity contribution in [2.45, 2.75) is 52.9 Å². The van der Waals surface area contributed by atoms with Gasteiger partial charge in [0.1, 0.15) is 0 Å². The predicted molar refractivity (Wildman–Crippen MR) is 83.0 cm³/mol. The molecule has 20 heavy (non-hydrogen) atoms.